The minimum absolute atomic E-state index is 0.0582. The molecular formula is C21H20N6O2S. The minimum Gasteiger partial charge on any atom is -0.490 e. The number of nitriles is 1. The van der Waals surface area contributed by atoms with E-state index >= 15 is 0 Å². The Morgan fingerprint density at radius 3 is 3.07 bits per heavy atom. The summed E-state index contributed by atoms with van der Waals surface area (Å²) >= 11 is 1.42. The molecule has 0 spiro atoms. The zero-order valence-corrected chi connectivity index (χ0v) is 17.5. The second kappa shape index (κ2) is 6.85. The van der Waals surface area contributed by atoms with Gasteiger partial charge in [-0.05, 0) is 31.5 Å². The van der Waals surface area contributed by atoms with Crippen LogP contribution in [-0.2, 0) is 13.0 Å². The summed E-state index contributed by atoms with van der Waals surface area (Å²) in [6, 6.07) is 8.07. The van der Waals surface area contributed by atoms with E-state index < -0.39 is 0 Å². The number of benzene rings is 1. The number of amides is 1. The Balaban J connectivity index is 1.53. The molecule has 2 aromatic heterocycles. The van der Waals surface area contributed by atoms with Gasteiger partial charge in [-0.25, -0.2) is 4.98 Å². The number of rotatable bonds is 3. The lowest BCUT2D eigenvalue weighted by Crippen LogP contribution is -2.48. The van der Waals surface area contributed by atoms with Gasteiger partial charge >= 0.3 is 0 Å². The third kappa shape index (κ3) is 3.19. The van der Waals surface area contributed by atoms with Crippen molar-refractivity contribution < 1.29 is 9.53 Å². The zero-order chi connectivity index (χ0) is 20.9. The molecule has 0 saturated heterocycles. The molecule has 0 saturated carbocycles. The van der Waals surface area contributed by atoms with Crippen LogP contribution in [0, 0.1) is 11.3 Å². The molecule has 0 atom stereocenters. The van der Waals surface area contributed by atoms with Crippen LogP contribution >= 0.6 is 11.3 Å². The van der Waals surface area contributed by atoms with Crippen LogP contribution in [0.4, 0.5) is 10.8 Å². The zero-order valence-electron chi connectivity index (χ0n) is 16.7. The first-order chi connectivity index (χ1) is 14.4. The van der Waals surface area contributed by atoms with Crippen molar-refractivity contribution in [1.29, 1.82) is 5.26 Å². The minimum atomic E-state index is -0.297. The highest BCUT2D eigenvalue weighted by Gasteiger charge is 2.34. The maximum Gasteiger partial charge on any atom is 0.263 e. The van der Waals surface area contributed by atoms with Gasteiger partial charge in [0, 0.05) is 23.7 Å². The second-order valence-corrected chi connectivity index (χ2v) is 9.03. The van der Waals surface area contributed by atoms with Crippen LogP contribution in [0.2, 0.25) is 0 Å². The standard InChI is InChI=1S/C21H20N6O2S/c1-21(2)10-15-18(19(28)25-21)30-20(24-15)27-7-8-29-17-4-3-13(9-16(17)27)14-11-23-26(12-14)6-5-22/h3-4,9,11-12H,6-8,10H2,1-2H3,(H,25,28). The normalized spacial score (nSPS) is 16.8. The summed E-state index contributed by atoms with van der Waals surface area (Å²) in [5.74, 6) is 0.726. The maximum absolute atomic E-state index is 12.5. The summed E-state index contributed by atoms with van der Waals surface area (Å²) < 4.78 is 7.47. The van der Waals surface area contributed by atoms with Gasteiger partial charge in [-0.3, -0.25) is 9.48 Å². The molecule has 8 nitrogen and oxygen atoms in total. The number of ether oxygens (including phenoxy) is 1. The summed E-state index contributed by atoms with van der Waals surface area (Å²) in [5.41, 5.74) is 3.38. The first kappa shape index (κ1) is 18.6. The second-order valence-electron chi connectivity index (χ2n) is 8.05. The SMILES string of the molecule is CC1(C)Cc2nc(N3CCOc4ccc(-c5cnn(CC#N)c5)cc43)sc2C(=O)N1. The van der Waals surface area contributed by atoms with E-state index in [1.807, 2.05) is 38.2 Å². The van der Waals surface area contributed by atoms with Gasteiger partial charge in [0.05, 0.1) is 30.2 Å². The third-order valence-corrected chi connectivity index (χ3v) is 6.33. The summed E-state index contributed by atoms with van der Waals surface area (Å²) in [6.07, 6.45) is 4.31. The number of nitrogens with zero attached hydrogens (tertiary/aromatic N) is 5. The molecular weight excluding hydrogens is 400 g/mol. The Kier molecular flexibility index (Phi) is 4.25. The molecule has 0 aliphatic carbocycles. The van der Waals surface area contributed by atoms with E-state index in [0.717, 1.165) is 33.4 Å². The number of anilines is 2. The summed E-state index contributed by atoms with van der Waals surface area (Å²) in [6.45, 7) is 5.44. The van der Waals surface area contributed by atoms with Crippen molar-refractivity contribution in [1.82, 2.24) is 20.1 Å². The van der Waals surface area contributed by atoms with Gasteiger partial charge < -0.3 is 15.0 Å². The van der Waals surface area contributed by atoms with Crippen molar-refractivity contribution >= 4 is 28.1 Å². The Hall–Kier alpha value is -3.38. The van der Waals surface area contributed by atoms with Gasteiger partial charge in [0.2, 0.25) is 0 Å². The molecule has 0 unspecified atom stereocenters. The van der Waals surface area contributed by atoms with Crippen molar-refractivity contribution in [2.75, 3.05) is 18.1 Å². The first-order valence-electron chi connectivity index (χ1n) is 9.70. The van der Waals surface area contributed by atoms with Gasteiger partial charge in [-0.2, -0.15) is 10.4 Å². The van der Waals surface area contributed by atoms with Crippen molar-refractivity contribution in [3.8, 4) is 22.9 Å². The van der Waals surface area contributed by atoms with Crippen LogP contribution in [0.15, 0.2) is 30.6 Å². The Morgan fingerprint density at radius 1 is 1.37 bits per heavy atom. The molecule has 2 aliphatic rings. The summed E-state index contributed by atoms with van der Waals surface area (Å²) in [7, 11) is 0. The highest BCUT2D eigenvalue weighted by atomic mass is 32.1. The number of aromatic nitrogens is 3. The smallest absolute Gasteiger partial charge is 0.263 e. The van der Waals surface area contributed by atoms with E-state index in [9.17, 15) is 4.79 Å². The molecule has 5 rings (SSSR count). The molecule has 3 aromatic rings. The molecule has 0 bridgehead atoms. The molecule has 9 heteroatoms. The number of carbonyl (C=O) groups excluding carboxylic acids is 1. The molecule has 2 aliphatic heterocycles. The van der Waals surface area contributed by atoms with Gasteiger partial charge in [0.15, 0.2) is 5.13 Å². The molecule has 1 aromatic carbocycles. The number of carbonyl (C=O) groups is 1. The number of hydrogen-bond donors (Lipinski definition) is 1. The highest BCUT2D eigenvalue weighted by molar-refractivity contribution is 7.17. The van der Waals surface area contributed by atoms with Crippen LogP contribution < -0.4 is 15.0 Å². The van der Waals surface area contributed by atoms with Gasteiger partial charge in [0.25, 0.3) is 5.91 Å². The average Bonchev–Trinajstić information content (AvgIpc) is 3.34. The lowest BCUT2D eigenvalue weighted by atomic mass is 9.94. The van der Waals surface area contributed by atoms with E-state index in [-0.39, 0.29) is 18.0 Å². The van der Waals surface area contributed by atoms with E-state index in [1.165, 1.54) is 11.3 Å². The van der Waals surface area contributed by atoms with Crippen LogP contribution in [0.3, 0.4) is 0 Å². The largest absolute Gasteiger partial charge is 0.490 e. The topological polar surface area (TPSA) is 96.1 Å². The van der Waals surface area contributed by atoms with E-state index in [1.54, 1.807) is 10.9 Å². The van der Waals surface area contributed by atoms with Crippen molar-refractivity contribution in [2.24, 2.45) is 0 Å². The van der Waals surface area contributed by atoms with Crippen LogP contribution in [-0.4, -0.2) is 39.4 Å². The van der Waals surface area contributed by atoms with Crippen LogP contribution in [0.1, 0.15) is 29.2 Å². The Morgan fingerprint density at radius 2 is 2.23 bits per heavy atom. The van der Waals surface area contributed by atoms with Gasteiger partial charge in [-0.15, -0.1) is 0 Å². The molecule has 0 radical (unpaired) electrons. The number of hydrogen-bond acceptors (Lipinski definition) is 7. The fraction of sp³-hybridized carbons (Fsp3) is 0.333. The average molecular weight is 420 g/mol. The number of thiazole rings is 1. The lowest BCUT2D eigenvalue weighted by Gasteiger charge is -2.29. The molecule has 1 amide bonds. The van der Waals surface area contributed by atoms with E-state index in [2.05, 4.69) is 21.4 Å². The fourth-order valence-electron chi connectivity index (χ4n) is 3.85. The molecule has 0 fully saturated rings. The predicted octanol–water partition coefficient (Wildman–Crippen LogP) is 3.13. The maximum atomic E-state index is 12.5. The quantitative estimate of drug-likeness (QED) is 0.699. The third-order valence-electron chi connectivity index (χ3n) is 5.21. The Labute approximate surface area is 177 Å². The predicted molar refractivity (Wildman–Crippen MR) is 113 cm³/mol. The Bertz CT molecular complexity index is 1190. The van der Waals surface area contributed by atoms with Crippen LogP contribution in [0.5, 0.6) is 5.75 Å². The monoisotopic (exact) mass is 420 g/mol. The fourth-order valence-corrected chi connectivity index (χ4v) is 4.86. The molecule has 1 N–H and O–H groups in total. The molecule has 152 valence electrons. The van der Waals surface area contributed by atoms with Gasteiger partial charge in [-0.1, -0.05) is 17.4 Å². The van der Waals surface area contributed by atoms with E-state index in [0.29, 0.717) is 24.4 Å². The molecule has 4 heterocycles. The van der Waals surface area contributed by atoms with Gasteiger partial charge in [0.1, 0.15) is 23.8 Å². The summed E-state index contributed by atoms with van der Waals surface area (Å²) in [4.78, 5) is 20.2. The number of nitrogens with one attached hydrogen (secondary N) is 1. The summed E-state index contributed by atoms with van der Waals surface area (Å²) in [5, 5.41) is 16.9. The first-order valence-corrected chi connectivity index (χ1v) is 10.5. The van der Waals surface area contributed by atoms with Crippen LogP contribution in [0.25, 0.3) is 11.1 Å². The molecule has 30 heavy (non-hydrogen) atoms. The van der Waals surface area contributed by atoms with Crippen molar-refractivity contribution in [2.45, 2.75) is 32.4 Å². The highest BCUT2D eigenvalue weighted by Crippen LogP contribution is 2.42. The van der Waals surface area contributed by atoms with Crippen molar-refractivity contribution in [3.63, 3.8) is 0 Å². The van der Waals surface area contributed by atoms with E-state index in [4.69, 9.17) is 15.0 Å². The number of fused-ring (bicyclic) bond motifs is 2. The lowest BCUT2D eigenvalue weighted by molar-refractivity contribution is 0.0901. The van der Waals surface area contributed by atoms with Crippen molar-refractivity contribution in [3.05, 3.63) is 41.2 Å².